The molecule has 0 unspecified atom stereocenters. The van der Waals surface area contributed by atoms with Gasteiger partial charge in [0, 0.05) is 25.3 Å². The summed E-state index contributed by atoms with van der Waals surface area (Å²) in [7, 11) is 2.03. The molecule has 0 aliphatic carbocycles. The predicted molar refractivity (Wildman–Crippen MR) is 52.3 cm³/mol. The summed E-state index contributed by atoms with van der Waals surface area (Å²) in [5.74, 6) is 1.11. The Bertz CT molecular complexity index is 220. The molecular formula is C9H17N3. The largest absolute Gasteiger partial charge is 0.359 e. The Kier molecular flexibility index (Phi) is 2.43. The molecule has 0 saturated carbocycles. The van der Waals surface area contributed by atoms with Crippen LogP contribution in [-0.2, 0) is 0 Å². The number of nitrogens with one attached hydrogen (secondary N) is 1. The molecule has 0 fully saturated rings. The zero-order valence-corrected chi connectivity index (χ0v) is 7.96. The van der Waals surface area contributed by atoms with Crippen molar-refractivity contribution in [3.63, 3.8) is 0 Å². The smallest absolute Gasteiger partial charge is 0.105 e. The molecule has 0 spiro atoms. The molecule has 68 valence electrons. The number of H-pyrrole nitrogens is 1. The quantitative estimate of drug-likeness (QED) is 0.710. The maximum Gasteiger partial charge on any atom is 0.105 e. The van der Waals surface area contributed by atoms with Gasteiger partial charge in [-0.05, 0) is 26.0 Å². The second-order valence-corrected chi connectivity index (χ2v) is 3.90. The van der Waals surface area contributed by atoms with E-state index in [0.717, 1.165) is 12.4 Å². The molecular weight excluding hydrogens is 150 g/mol. The van der Waals surface area contributed by atoms with Gasteiger partial charge in [-0.25, -0.2) is 0 Å². The molecule has 0 amide bonds. The fourth-order valence-corrected chi connectivity index (χ4v) is 1.25. The maximum atomic E-state index is 5.89. The van der Waals surface area contributed by atoms with Crippen molar-refractivity contribution in [1.29, 1.82) is 0 Å². The predicted octanol–water partition coefficient (Wildman–Crippen LogP) is 1.19. The highest BCUT2D eigenvalue weighted by Crippen LogP contribution is 2.10. The zero-order valence-electron chi connectivity index (χ0n) is 7.96. The van der Waals surface area contributed by atoms with Crippen LogP contribution < -0.4 is 10.6 Å². The van der Waals surface area contributed by atoms with E-state index in [4.69, 9.17) is 5.73 Å². The van der Waals surface area contributed by atoms with Crippen LogP contribution in [0.1, 0.15) is 13.8 Å². The van der Waals surface area contributed by atoms with Crippen LogP contribution >= 0.6 is 0 Å². The molecule has 1 heterocycles. The summed E-state index contributed by atoms with van der Waals surface area (Å²) in [6.07, 6.45) is 1.91. The third-order valence-electron chi connectivity index (χ3n) is 1.64. The monoisotopic (exact) mass is 167 g/mol. The molecule has 0 aliphatic rings. The second-order valence-electron chi connectivity index (χ2n) is 3.90. The minimum absolute atomic E-state index is 0.153. The molecule has 0 aromatic carbocycles. The Morgan fingerprint density at radius 1 is 1.58 bits per heavy atom. The van der Waals surface area contributed by atoms with Gasteiger partial charge in [0.2, 0.25) is 0 Å². The van der Waals surface area contributed by atoms with Gasteiger partial charge in [-0.3, -0.25) is 0 Å². The van der Waals surface area contributed by atoms with Crippen LogP contribution in [0.15, 0.2) is 18.3 Å². The molecule has 0 aliphatic heterocycles. The average molecular weight is 167 g/mol. The highest BCUT2D eigenvalue weighted by atomic mass is 15.2. The molecule has 3 heteroatoms. The van der Waals surface area contributed by atoms with Gasteiger partial charge in [0.1, 0.15) is 5.82 Å². The molecule has 3 nitrogen and oxygen atoms in total. The normalized spacial score (nSPS) is 11.7. The van der Waals surface area contributed by atoms with Crippen LogP contribution in [0.4, 0.5) is 5.82 Å². The number of aromatic nitrogens is 1. The SMILES string of the molecule is CN(CC(C)(C)N)c1ccc[nH]1. The Morgan fingerprint density at radius 2 is 2.25 bits per heavy atom. The van der Waals surface area contributed by atoms with Crippen molar-refractivity contribution in [2.75, 3.05) is 18.5 Å². The molecule has 0 bridgehead atoms. The molecule has 3 N–H and O–H groups in total. The van der Waals surface area contributed by atoms with E-state index in [1.807, 2.05) is 39.2 Å². The van der Waals surface area contributed by atoms with E-state index in [1.165, 1.54) is 0 Å². The van der Waals surface area contributed by atoms with Crippen LogP contribution in [-0.4, -0.2) is 24.1 Å². The van der Waals surface area contributed by atoms with Crippen molar-refractivity contribution < 1.29 is 0 Å². The molecule has 1 rings (SSSR count). The van der Waals surface area contributed by atoms with Crippen LogP contribution in [0.5, 0.6) is 0 Å². The summed E-state index contributed by atoms with van der Waals surface area (Å²) in [6.45, 7) is 4.88. The first kappa shape index (κ1) is 9.13. The first-order valence-corrected chi connectivity index (χ1v) is 4.12. The third kappa shape index (κ3) is 2.58. The zero-order chi connectivity index (χ0) is 9.19. The first-order valence-electron chi connectivity index (χ1n) is 4.12. The van der Waals surface area contributed by atoms with Gasteiger partial charge >= 0.3 is 0 Å². The Labute approximate surface area is 73.6 Å². The highest BCUT2D eigenvalue weighted by molar-refractivity contribution is 5.37. The van der Waals surface area contributed by atoms with E-state index in [-0.39, 0.29) is 5.54 Å². The Hall–Kier alpha value is -0.960. The minimum Gasteiger partial charge on any atom is -0.359 e. The van der Waals surface area contributed by atoms with Crippen molar-refractivity contribution in [1.82, 2.24) is 4.98 Å². The van der Waals surface area contributed by atoms with Gasteiger partial charge in [-0.15, -0.1) is 0 Å². The van der Waals surface area contributed by atoms with Gasteiger partial charge in [-0.2, -0.15) is 0 Å². The van der Waals surface area contributed by atoms with Gasteiger partial charge < -0.3 is 15.6 Å². The van der Waals surface area contributed by atoms with Crippen LogP contribution in [0, 0.1) is 0 Å². The van der Waals surface area contributed by atoms with E-state index in [2.05, 4.69) is 9.88 Å². The van der Waals surface area contributed by atoms with E-state index < -0.39 is 0 Å². The van der Waals surface area contributed by atoms with Crippen molar-refractivity contribution in [3.8, 4) is 0 Å². The average Bonchev–Trinajstić information content (AvgIpc) is 2.32. The lowest BCUT2D eigenvalue weighted by atomic mass is 10.1. The van der Waals surface area contributed by atoms with Crippen LogP contribution in [0.3, 0.4) is 0 Å². The molecule has 0 saturated heterocycles. The fourth-order valence-electron chi connectivity index (χ4n) is 1.25. The third-order valence-corrected chi connectivity index (χ3v) is 1.64. The standard InChI is InChI=1S/C9H17N3/c1-9(2,10)7-12(3)8-5-4-6-11-8/h4-6,11H,7,10H2,1-3H3. The summed E-state index contributed by atoms with van der Waals surface area (Å²) < 4.78 is 0. The molecule has 0 atom stereocenters. The highest BCUT2D eigenvalue weighted by Gasteiger charge is 2.14. The maximum absolute atomic E-state index is 5.89. The summed E-state index contributed by atoms with van der Waals surface area (Å²) in [5, 5.41) is 0. The van der Waals surface area contributed by atoms with E-state index in [1.54, 1.807) is 0 Å². The van der Waals surface area contributed by atoms with Gasteiger partial charge in [0.15, 0.2) is 0 Å². The van der Waals surface area contributed by atoms with Gasteiger partial charge in [0.25, 0.3) is 0 Å². The summed E-state index contributed by atoms with van der Waals surface area (Å²) in [4.78, 5) is 5.24. The van der Waals surface area contributed by atoms with E-state index in [9.17, 15) is 0 Å². The number of nitrogens with zero attached hydrogens (tertiary/aromatic N) is 1. The lowest BCUT2D eigenvalue weighted by Gasteiger charge is -2.26. The summed E-state index contributed by atoms with van der Waals surface area (Å²) >= 11 is 0. The topological polar surface area (TPSA) is 45.0 Å². The minimum atomic E-state index is -0.153. The first-order chi connectivity index (χ1) is 5.49. The van der Waals surface area contributed by atoms with Crippen molar-refractivity contribution in [3.05, 3.63) is 18.3 Å². The van der Waals surface area contributed by atoms with E-state index >= 15 is 0 Å². The van der Waals surface area contributed by atoms with Crippen molar-refractivity contribution in [2.24, 2.45) is 5.73 Å². The number of aromatic amines is 1. The number of hydrogen-bond acceptors (Lipinski definition) is 2. The molecule has 0 radical (unpaired) electrons. The lowest BCUT2D eigenvalue weighted by molar-refractivity contribution is 0.518. The fraction of sp³-hybridized carbons (Fsp3) is 0.556. The van der Waals surface area contributed by atoms with Crippen molar-refractivity contribution >= 4 is 5.82 Å². The second kappa shape index (κ2) is 3.19. The summed E-state index contributed by atoms with van der Waals surface area (Å²) in [5.41, 5.74) is 5.73. The molecule has 12 heavy (non-hydrogen) atoms. The number of anilines is 1. The Balaban J connectivity index is 2.56. The molecule has 1 aromatic heterocycles. The Morgan fingerprint density at radius 3 is 2.67 bits per heavy atom. The summed E-state index contributed by atoms with van der Waals surface area (Å²) in [6, 6.07) is 4.01. The van der Waals surface area contributed by atoms with Crippen molar-refractivity contribution in [2.45, 2.75) is 19.4 Å². The number of rotatable bonds is 3. The van der Waals surface area contributed by atoms with Crippen LogP contribution in [0.2, 0.25) is 0 Å². The molecule has 1 aromatic rings. The number of likely N-dealkylation sites (N-methyl/N-ethyl adjacent to an activating group) is 1. The van der Waals surface area contributed by atoms with Crippen LogP contribution in [0.25, 0.3) is 0 Å². The number of nitrogens with two attached hydrogens (primary N) is 1. The van der Waals surface area contributed by atoms with Gasteiger partial charge in [-0.1, -0.05) is 0 Å². The van der Waals surface area contributed by atoms with Gasteiger partial charge in [0.05, 0.1) is 0 Å². The number of hydrogen-bond donors (Lipinski definition) is 2. The van der Waals surface area contributed by atoms with E-state index in [0.29, 0.717) is 0 Å². The lowest BCUT2D eigenvalue weighted by Crippen LogP contribution is -2.44.